The van der Waals surface area contributed by atoms with Crippen molar-refractivity contribution in [2.75, 3.05) is 12.4 Å². The molecule has 0 fully saturated rings. The van der Waals surface area contributed by atoms with Crippen LogP contribution < -0.4 is 10.1 Å². The van der Waals surface area contributed by atoms with E-state index < -0.39 is 0 Å². The third kappa shape index (κ3) is 2.80. The summed E-state index contributed by atoms with van der Waals surface area (Å²) in [5.74, 6) is 1.81. The summed E-state index contributed by atoms with van der Waals surface area (Å²) in [7, 11) is 1.79. The molecule has 1 N–H and O–H groups in total. The summed E-state index contributed by atoms with van der Waals surface area (Å²) in [6.07, 6.45) is 0. The van der Waals surface area contributed by atoms with E-state index in [4.69, 9.17) is 16.3 Å². The second-order valence-electron chi connectivity index (χ2n) is 4.69. The van der Waals surface area contributed by atoms with Crippen LogP contribution >= 0.6 is 22.9 Å². The van der Waals surface area contributed by atoms with Gasteiger partial charge in [0.1, 0.15) is 10.6 Å². The van der Waals surface area contributed by atoms with E-state index in [1.807, 2.05) is 38.1 Å². The van der Waals surface area contributed by atoms with Gasteiger partial charge in [-0.05, 0) is 43.7 Å². The van der Waals surface area contributed by atoms with Crippen LogP contribution in [0.3, 0.4) is 0 Å². The molecular formula is C15H14ClN3OS. The Morgan fingerprint density at radius 1 is 1.19 bits per heavy atom. The third-order valence-electron chi connectivity index (χ3n) is 3.05. The van der Waals surface area contributed by atoms with Crippen molar-refractivity contribution in [3.63, 3.8) is 0 Å². The zero-order valence-electron chi connectivity index (χ0n) is 11.9. The maximum Gasteiger partial charge on any atom is 0.232 e. The van der Waals surface area contributed by atoms with Crippen molar-refractivity contribution in [3.05, 3.63) is 39.7 Å². The van der Waals surface area contributed by atoms with E-state index in [-0.39, 0.29) is 0 Å². The summed E-state index contributed by atoms with van der Waals surface area (Å²) in [6, 6.07) is 7.59. The fraction of sp³-hybridized carbons (Fsp3) is 0.200. The molecule has 0 saturated heterocycles. The highest BCUT2D eigenvalue weighted by molar-refractivity contribution is 7.18. The zero-order valence-corrected chi connectivity index (χ0v) is 13.5. The van der Waals surface area contributed by atoms with Crippen LogP contribution in [-0.2, 0) is 0 Å². The van der Waals surface area contributed by atoms with E-state index >= 15 is 0 Å². The van der Waals surface area contributed by atoms with Gasteiger partial charge in [0.05, 0.1) is 5.39 Å². The van der Waals surface area contributed by atoms with Gasteiger partial charge in [0.15, 0.2) is 0 Å². The van der Waals surface area contributed by atoms with Crippen LogP contribution in [0.25, 0.3) is 10.2 Å². The topological polar surface area (TPSA) is 47.0 Å². The Balaban J connectivity index is 2.07. The molecule has 0 unspecified atom stereocenters. The number of aryl methyl sites for hydroxylation is 2. The van der Waals surface area contributed by atoms with Gasteiger partial charge in [0.25, 0.3) is 0 Å². The summed E-state index contributed by atoms with van der Waals surface area (Å²) in [5.41, 5.74) is 0.967. The Morgan fingerprint density at radius 2 is 2.00 bits per heavy atom. The van der Waals surface area contributed by atoms with Crippen LogP contribution in [-0.4, -0.2) is 17.0 Å². The van der Waals surface area contributed by atoms with Crippen LogP contribution in [0.5, 0.6) is 11.6 Å². The Bertz CT molecular complexity index is 816. The van der Waals surface area contributed by atoms with Crippen molar-refractivity contribution in [2.24, 2.45) is 0 Å². The van der Waals surface area contributed by atoms with Crippen LogP contribution in [0.15, 0.2) is 24.3 Å². The second-order valence-corrected chi connectivity index (χ2v) is 6.33. The lowest BCUT2D eigenvalue weighted by molar-refractivity contribution is 0.469. The first-order chi connectivity index (χ1) is 10.1. The lowest BCUT2D eigenvalue weighted by Crippen LogP contribution is -1.98. The summed E-state index contributed by atoms with van der Waals surface area (Å²) in [5, 5.41) is 4.60. The molecule has 0 atom stereocenters. The Hall–Kier alpha value is -1.85. The molecule has 1 aromatic carbocycles. The van der Waals surface area contributed by atoms with Gasteiger partial charge >= 0.3 is 0 Å². The average Bonchev–Trinajstić information content (AvgIpc) is 2.83. The second kappa shape index (κ2) is 5.50. The number of nitrogens with zero attached hydrogens (tertiary/aromatic N) is 2. The number of fused-ring (bicyclic) bond motifs is 1. The van der Waals surface area contributed by atoms with E-state index in [0.29, 0.717) is 17.6 Å². The SMILES string of the molecule is CNc1nc(Oc2ccc(Cl)c(C)c2)c2cc(C)sc2n1. The molecule has 0 saturated carbocycles. The molecule has 0 radical (unpaired) electrons. The Labute approximate surface area is 131 Å². The van der Waals surface area contributed by atoms with Gasteiger partial charge in [-0.2, -0.15) is 4.98 Å². The number of nitrogens with one attached hydrogen (secondary N) is 1. The highest BCUT2D eigenvalue weighted by Crippen LogP contribution is 2.34. The highest BCUT2D eigenvalue weighted by Gasteiger charge is 2.12. The molecule has 21 heavy (non-hydrogen) atoms. The van der Waals surface area contributed by atoms with Crippen LogP contribution in [0, 0.1) is 13.8 Å². The van der Waals surface area contributed by atoms with E-state index in [2.05, 4.69) is 15.3 Å². The van der Waals surface area contributed by atoms with E-state index in [9.17, 15) is 0 Å². The molecule has 0 aliphatic carbocycles. The number of hydrogen-bond donors (Lipinski definition) is 1. The van der Waals surface area contributed by atoms with Gasteiger partial charge < -0.3 is 10.1 Å². The summed E-state index contributed by atoms with van der Waals surface area (Å²) < 4.78 is 5.94. The maximum atomic E-state index is 6.04. The van der Waals surface area contributed by atoms with E-state index in [1.165, 1.54) is 4.88 Å². The molecule has 4 nitrogen and oxygen atoms in total. The van der Waals surface area contributed by atoms with Gasteiger partial charge in [-0.3, -0.25) is 0 Å². The molecule has 0 aliphatic heterocycles. The maximum absolute atomic E-state index is 6.04. The third-order valence-corrected chi connectivity index (χ3v) is 4.42. The number of aromatic nitrogens is 2. The minimum absolute atomic E-state index is 0.546. The lowest BCUT2D eigenvalue weighted by atomic mass is 10.2. The number of rotatable bonds is 3. The van der Waals surface area contributed by atoms with Gasteiger partial charge in [-0.15, -0.1) is 11.3 Å². The van der Waals surface area contributed by atoms with Crippen molar-refractivity contribution >= 4 is 39.1 Å². The molecule has 2 aromatic heterocycles. The molecule has 3 rings (SSSR count). The summed E-state index contributed by atoms with van der Waals surface area (Å²) >= 11 is 7.66. The minimum Gasteiger partial charge on any atom is -0.438 e. The van der Waals surface area contributed by atoms with E-state index in [1.54, 1.807) is 18.4 Å². The Kier molecular flexibility index (Phi) is 3.69. The number of ether oxygens (including phenoxy) is 1. The fourth-order valence-corrected chi connectivity index (χ4v) is 2.99. The van der Waals surface area contributed by atoms with Crippen LogP contribution in [0.2, 0.25) is 5.02 Å². The lowest BCUT2D eigenvalue weighted by Gasteiger charge is -2.08. The zero-order chi connectivity index (χ0) is 15.0. The minimum atomic E-state index is 0.546. The molecule has 0 bridgehead atoms. The Morgan fingerprint density at radius 3 is 2.71 bits per heavy atom. The first-order valence-electron chi connectivity index (χ1n) is 6.47. The molecule has 3 aromatic rings. The van der Waals surface area contributed by atoms with Crippen molar-refractivity contribution in [2.45, 2.75) is 13.8 Å². The highest BCUT2D eigenvalue weighted by atomic mass is 35.5. The quantitative estimate of drug-likeness (QED) is 0.753. The van der Waals surface area contributed by atoms with Gasteiger partial charge in [0.2, 0.25) is 11.8 Å². The van der Waals surface area contributed by atoms with Crippen LogP contribution in [0.1, 0.15) is 10.4 Å². The van der Waals surface area contributed by atoms with Crippen molar-refractivity contribution < 1.29 is 4.74 Å². The summed E-state index contributed by atoms with van der Waals surface area (Å²) in [4.78, 5) is 10.9. The normalized spacial score (nSPS) is 10.9. The van der Waals surface area contributed by atoms with Gasteiger partial charge in [-0.1, -0.05) is 11.6 Å². The molecule has 0 amide bonds. The van der Waals surface area contributed by atoms with Gasteiger partial charge in [-0.25, -0.2) is 4.98 Å². The molecule has 0 spiro atoms. The van der Waals surface area contributed by atoms with Crippen molar-refractivity contribution in [1.82, 2.24) is 9.97 Å². The largest absolute Gasteiger partial charge is 0.438 e. The van der Waals surface area contributed by atoms with Crippen molar-refractivity contribution in [3.8, 4) is 11.6 Å². The number of halogens is 1. The number of benzene rings is 1. The van der Waals surface area contributed by atoms with Crippen LogP contribution in [0.4, 0.5) is 5.95 Å². The monoisotopic (exact) mass is 319 g/mol. The average molecular weight is 320 g/mol. The summed E-state index contributed by atoms with van der Waals surface area (Å²) in [6.45, 7) is 3.99. The predicted octanol–water partition coefficient (Wildman–Crippen LogP) is 4.80. The molecule has 0 aliphatic rings. The molecule has 2 heterocycles. The van der Waals surface area contributed by atoms with Gasteiger partial charge in [0, 0.05) is 16.9 Å². The number of hydrogen-bond acceptors (Lipinski definition) is 5. The van der Waals surface area contributed by atoms with E-state index in [0.717, 1.165) is 20.8 Å². The molecular weight excluding hydrogens is 306 g/mol. The predicted molar refractivity (Wildman–Crippen MR) is 88.0 cm³/mol. The molecule has 108 valence electrons. The standard InChI is InChI=1S/C15H14ClN3OS/c1-8-6-10(4-5-12(8)16)20-13-11-7-9(2)21-14(11)19-15(17-3)18-13/h4-7H,1-3H3,(H,17,18,19). The first kappa shape index (κ1) is 14.1. The first-order valence-corrected chi connectivity index (χ1v) is 7.66. The number of anilines is 1. The fourth-order valence-electron chi connectivity index (χ4n) is 2.00. The van der Waals surface area contributed by atoms with Crippen molar-refractivity contribution in [1.29, 1.82) is 0 Å². The smallest absolute Gasteiger partial charge is 0.232 e. The molecule has 6 heteroatoms. The number of thiophene rings is 1.